The molecule has 1 aromatic heterocycles. The van der Waals surface area contributed by atoms with Gasteiger partial charge < -0.3 is 5.73 Å². The molecule has 1 aromatic carbocycles. The first kappa shape index (κ1) is 13.9. The van der Waals surface area contributed by atoms with Crippen LogP contribution in [0.4, 0.5) is 0 Å². The summed E-state index contributed by atoms with van der Waals surface area (Å²) in [5, 5.41) is 2.87. The average molecular weight is 274 g/mol. The van der Waals surface area contributed by atoms with Gasteiger partial charge in [-0.15, -0.1) is 11.3 Å². The Hall–Kier alpha value is -1.52. The number of aromatic nitrogens is 1. The predicted octanol–water partition coefficient (Wildman–Crippen LogP) is 3.05. The number of nitrogens with two attached hydrogens (primary N) is 1. The van der Waals surface area contributed by atoms with Gasteiger partial charge in [-0.3, -0.25) is 4.79 Å². The fourth-order valence-corrected chi connectivity index (χ4v) is 2.64. The van der Waals surface area contributed by atoms with Crippen LogP contribution >= 0.6 is 11.3 Å². The molecule has 0 aliphatic carbocycles. The van der Waals surface area contributed by atoms with Gasteiger partial charge >= 0.3 is 0 Å². The van der Waals surface area contributed by atoms with E-state index in [9.17, 15) is 4.79 Å². The van der Waals surface area contributed by atoms with Crippen molar-refractivity contribution in [2.75, 3.05) is 0 Å². The second-order valence-electron chi connectivity index (χ2n) is 4.58. The minimum atomic E-state index is -0.0268. The average Bonchev–Trinajstić information content (AvgIpc) is 2.88. The number of nitrogens with zero attached hydrogens (tertiary/aromatic N) is 1. The van der Waals surface area contributed by atoms with Crippen LogP contribution in [0, 0.1) is 0 Å². The lowest BCUT2D eigenvalue weighted by Crippen LogP contribution is -2.23. The molecular weight excluding hydrogens is 256 g/mol. The Morgan fingerprint density at radius 1 is 1.37 bits per heavy atom. The molecule has 0 aliphatic heterocycles. The van der Waals surface area contributed by atoms with Crippen molar-refractivity contribution in [3.05, 3.63) is 40.7 Å². The van der Waals surface area contributed by atoms with Crippen molar-refractivity contribution in [1.29, 1.82) is 0 Å². The first-order valence-electron chi connectivity index (χ1n) is 6.46. The molecule has 2 N–H and O–H groups in total. The summed E-state index contributed by atoms with van der Waals surface area (Å²) in [6.07, 6.45) is 1.67. The van der Waals surface area contributed by atoms with Crippen LogP contribution in [0.2, 0.25) is 0 Å². The fourth-order valence-electron chi connectivity index (χ4n) is 1.81. The van der Waals surface area contributed by atoms with Crippen molar-refractivity contribution in [2.45, 2.75) is 32.2 Å². The zero-order valence-corrected chi connectivity index (χ0v) is 11.8. The summed E-state index contributed by atoms with van der Waals surface area (Å²) in [6.45, 7) is 1.99. The molecule has 0 aliphatic rings. The molecule has 0 saturated heterocycles. The van der Waals surface area contributed by atoms with Gasteiger partial charge in [-0.1, -0.05) is 37.3 Å². The van der Waals surface area contributed by atoms with Gasteiger partial charge in [-0.25, -0.2) is 4.98 Å². The topological polar surface area (TPSA) is 56.0 Å². The molecule has 1 atom stereocenters. The van der Waals surface area contributed by atoms with Gasteiger partial charge in [0.15, 0.2) is 0 Å². The summed E-state index contributed by atoms with van der Waals surface area (Å²) >= 11 is 1.53. The van der Waals surface area contributed by atoms with Crippen molar-refractivity contribution in [2.24, 2.45) is 5.73 Å². The van der Waals surface area contributed by atoms with Gasteiger partial charge in [-0.2, -0.15) is 0 Å². The van der Waals surface area contributed by atoms with Gasteiger partial charge in [0.2, 0.25) is 0 Å². The number of thiazole rings is 1. The smallest absolute Gasteiger partial charge is 0.141 e. The zero-order chi connectivity index (χ0) is 13.7. The van der Waals surface area contributed by atoms with E-state index in [1.807, 2.05) is 42.6 Å². The van der Waals surface area contributed by atoms with Crippen LogP contribution in [0.25, 0.3) is 11.3 Å². The van der Waals surface area contributed by atoms with Crippen LogP contribution in [-0.4, -0.2) is 16.8 Å². The Morgan fingerprint density at radius 2 is 2.11 bits per heavy atom. The van der Waals surface area contributed by atoms with Crippen molar-refractivity contribution in [1.82, 2.24) is 4.98 Å². The molecule has 0 saturated carbocycles. The Morgan fingerprint density at radius 3 is 2.79 bits per heavy atom. The number of hydrogen-bond acceptors (Lipinski definition) is 4. The van der Waals surface area contributed by atoms with Crippen molar-refractivity contribution in [3.8, 4) is 11.3 Å². The van der Waals surface area contributed by atoms with E-state index >= 15 is 0 Å². The number of hydrogen-bond donors (Lipinski definition) is 1. The number of rotatable bonds is 6. The van der Waals surface area contributed by atoms with E-state index in [1.54, 1.807) is 0 Å². The molecular formula is C15H18N2OS. The Kier molecular flexibility index (Phi) is 4.82. The van der Waals surface area contributed by atoms with E-state index < -0.39 is 0 Å². The third-order valence-corrected chi connectivity index (χ3v) is 3.83. The maximum absolute atomic E-state index is 11.8. The molecule has 0 fully saturated rings. The van der Waals surface area contributed by atoms with Gasteiger partial charge in [0.25, 0.3) is 0 Å². The zero-order valence-electron chi connectivity index (χ0n) is 11.0. The highest BCUT2D eigenvalue weighted by molar-refractivity contribution is 7.10. The Balaban J connectivity index is 2.00. The monoisotopic (exact) mass is 274 g/mol. The first-order chi connectivity index (χ1) is 9.19. The van der Waals surface area contributed by atoms with E-state index in [4.69, 9.17) is 5.73 Å². The first-order valence-corrected chi connectivity index (χ1v) is 7.34. The molecule has 19 heavy (non-hydrogen) atoms. The summed E-state index contributed by atoms with van der Waals surface area (Å²) in [7, 11) is 0. The Bertz CT molecular complexity index is 536. The lowest BCUT2D eigenvalue weighted by Gasteiger charge is -2.05. The molecule has 1 unspecified atom stereocenters. The van der Waals surface area contributed by atoms with E-state index in [0.29, 0.717) is 12.8 Å². The van der Waals surface area contributed by atoms with Gasteiger partial charge in [0, 0.05) is 23.4 Å². The third kappa shape index (κ3) is 3.98. The van der Waals surface area contributed by atoms with E-state index in [-0.39, 0.29) is 11.8 Å². The number of carbonyl (C=O) groups excluding carboxylic acids is 1. The molecule has 3 nitrogen and oxygen atoms in total. The van der Waals surface area contributed by atoms with Crippen LogP contribution in [-0.2, 0) is 11.2 Å². The second kappa shape index (κ2) is 6.59. The highest BCUT2D eigenvalue weighted by Crippen LogP contribution is 2.22. The number of ketones is 1. The SMILES string of the molecule is CCC(N)CC(=O)Cc1nc(-c2ccccc2)cs1. The summed E-state index contributed by atoms with van der Waals surface area (Å²) in [5.74, 6) is 0.170. The van der Waals surface area contributed by atoms with Gasteiger partial charge in [0.05, 0.1) is 12.1 Å². The summed E-state index contributed by atoms with van der Waals surface area (Å²) in [5.41, 5.74) is 7.81. The minimum absolute atomic E-state index is 0.0268. The van der Waals surface area contributed by atoms with Crippen LogP contribution in [0.15, 0.2) is 35.7 Å². The highest BCUT2D eigenvalue weighted by Gasteiger charge is 2.11. The summed E-state index contributed by atoms with van der Waals surface area (Å²) in [6, 6.07) is 9.97. The Labute approximate surface area is 117 Å². The standard InChI is InChI=1S/C15H18N2OS/c1-2-12(16)8-13(18)9-15-17-14(10-19-15)11-6-4-3-5-7-11/h3-7,10,12H,2,8-9,16H2,1H3. The van der Waals surface area contributed by atoms with Gasteiger partial charge in [0.1, 0.15) is 10.8 Å². The number of benzene rings is 1. The summed E-state index contributed by atoms with van der Waals surface area (Å²) < 4.78 is 0. The highest BCUT2D eigenvalue weighted by atomic mass is 32.1. The molecule has 0 amide bonds. The second-order valence-corrected chi connectivity index (χ2v) is 5.52. The molecule has 0 spiro atoms. The largest absolute Gasteiger partial charge is 0.327 e. The quantitative estimate of drug-likeness (QED) is 0.880. The maximum Gasteiger partial charge on any atom is 0.141 e. The van der Waals surface area contributed by atoms with E-state index in [0.717, 1.165) is 22.7 Å². The fraction of sp³-hybridized carbons (Fsp3) is 0.333. The normalized spacial score (nSPS) is 12.3. The van der Waals surface area contributed by atoms with Crippen molar-refractivity contribution >= 4 is 17.1 Å². The van der Waals surface area contributed by atoms with Crippen LogP contribution < -0.4 is 5.73 Å². The molecule has 0 bridgehead atoms. The summed E-state index contributed by atoms with van der Waals surface area (Å²) in [4.78, 5) is 16.3. The maximum atomic E-state index is 11.8. The third-order valence-electron chi connectivity index (χ3n) is 2.98. The number of carbonyl (C=O) groups is 1. The van der Waals surface area contributed by atoms with E-state index in [1.165, 1.54) is 11.3 Å². The van der Waals surface area contributed by atoms with Crippen molar-refractivity contribution < 1.29 is 4.79 Å². The van der Waals surface area contributed by atoms with Crippen LogP contribution in [0.3, 0.4) is 0 Å². The molecule has 1 heterocycles. The molecule has 100 valence electrons. The molecule has 2 aromatic rings. The molecule has 0 radical (unpaired) electrons. The van der Waals surface area contributed by atoms with Crippen LogP contribution in [0.1, 0.15) is 24.8 Å². The molecule has 2 rings (SSSR count). The van der Waals surface area contributed by atoms with Gasteiger partial charge in [-0.05, 0) is 6.42 Å². The predicted molar refractivity (Wildman–Crippen MR) is 79.1 cm³/mol. The lowest BCUT2D eigenvalue weighted by molar-refractivity contribution is -0.118. The number of Topliss-reactive ketones (excluding diaryl/α,β-unsaturated/α-hetero) is 1. The van der Waals surface area contributed by atoms with Crippen molar-refractivity contribution in [3.63, 3.8) is 0 Å². The molecule has 4 heteroatoms. The lowest BCUT2D eigenvalue weighted by atomic mass is 10.1. The van der Waals surface area contributed by atoms with Crippen LogP contribution in [0.5, 0.6) is 0 Å². The van der Waals surface area contributed by atoms with E-state index in [2.05, 4.69) is 4.98 Å². The minimum Gasteiger partial charge on any atom is -0.327 e.